The fourth-order valence-electron chi connectivity index (χ4n) is 4.70. The highest BCUT2D eigenvalue weighted by Crippen LogP contribution is 2.31. The van der Waals surface area contributed by atoms with Crippen molar-refractivity contribution in [2.24, 2.45) is 5.92 Å². The Labute approximate surface area is 221 Å². The second kappa shape index (κ2) is 10.9. The normalized spacial score (nSPS) is 19.8. The minimum absolute atomic E-state index is 0.0119. The molecule has 7 nitrogen and oxygen atoms in total. The quantitative estimate of drug-likeness (QED) is 0.491. The van der Waals surface area contributed by atoms with E-state index in [4.69, 9.17) is 28.5 Å². The fraction of sp³-hybridized carbons (Fsp3) is 0.423. The van der Waals surface area contributed by atoms with Crippen molar-refractivity contribution in [1.82, 2.24) is 9.21 Å². The Morgan fingerprint density at radius 3 is 2.56 bits per heavy atom. The van der Waals surface area contributed by atoms with Gasteiger partial charge in [-0.2, -0.15) is 9.57 Å². The van der Waals surface area contributed by atoms with Gasteiger partial charge in [-0.25, -0.2) is 8.42 Å². The van der Waals surface area contributed by atoms with Crippen LogP contribution in [0.5, 0.6) is 0 Å². The number of ketones is 1. The lowest BCUT2D eigenvalue weighted by Gasteiger charge is -2.36. The lowest BCUT2D eigenvalue weighted by molar-refractivity contribution is -0.124. The van der Waals surface area contributed by atoms with Crippen LogP contribution in [0.2, 0.25) is 10.0 Å². The smallest absolute Gasteiger partial charge is 0.254 e. The van der Waals surface area contributed by atoms with Crippen LogP contribution in [0.15, 0.2) is 47.4 Å². The molecule has 2 fully saturated rings. The van der Waals surface area contributed by atoms with Crippen molar-refractivity contribution in [2.75, 3.05) is 19.6 Å². The second-order valence-electron chi connectivity index (χ2n) is 9.43. The Bertz CT molecular complexity index is 1320. The van der Waals surface area contributed by atoms with E-state index in [0.717, 1.165) is 18.4 Å². The third-order valence-electron chi connectivity index (χ3n) is 6.90. The van der Waals surface area contributed by atoms with E-state index in [1.165, 1.54) is 22.5 Å². The molecule has 10 heteroatoms. The summed E-state index contributed by atoms with van der Waals surface area (Å²) in [6, 6.07) is 12.7. The molecule has 2 heterocycles. The summed E-state index contributed by atoms with van der Waals surface area (Å²) < 4.78 is 27.1. The SMILES string of the molecule is C[C@H](CC(=O)[C@H]1CCCCN1C(=O)c1cccc(S(=O)(=O)N2CC(C#N)C2)c1)c1ccc(Cl)c(Cl)c1. The molecule has 2 saturated heterocycles. The molecule has 2 aromatic carbocycles. The first kappa shape index (κ1) is 26.6. The van der Waals surface area contributed by atoms with Crippen molar-refractivity contribution < 1.29 is 18.0 Å². The van der Waals surface area contributed by atoms with Crippen LogP contribution in [0.4, 0.5) is 0 Å². The Balaban J connectivity index is 1.50. The van der Waals surface area contributed by atoms with Crippen molar-refractivity contribution in [1.29, 1.82) is 5.26 Å². The lowest BCUT2D eigenvalue weighted by atomic mass is 9.89. The van der Waals surface area contributed by atoms with E-state index in [0.29, 0.717) is 23.0 Å². The molecule has 0 radical (unpaired) electrons. The zero-order valence-corrected chi connectivity index (χ0v) is 22.2. The summed E-state index contributed by atoms with van der Waals surface area (Å²) in [6.45, 7) is 2.67. The number of carbonyl (C=O) groups is 2. The van der Waals surface area contributed by atoms with Crippen LogP contribution in [-0.4, -0.2) is 55.0 Å². The summed E-state index contributed by atoms with van der Waals surface area (Å²) in [5.41, 5.74) is 1.12. The van der Waals surface area contributed by atoms with E-state index in [1.54, 1.807) is 23.1 Å². The van der Waals surface area contributed by atoms with Crippen molar-refractivity contribution in [2.45, 2.75) is 49.5 Å². The molecule has 0 N–H and O–H groups in total. The standard InChI is InChI=1S/C26H27Cl2N3O4S/c1-17(19-8-9-22(27)23(28)13-19)11-25(32)24-7-2-3-10-31(24)26(33)20-5-4-6-21(12-20)36(34,35)30-15-18(14-29)16-30/h4-6,8-9,12-13,17-18,24H,2-3,7,10-11,15-16H2,1H3/t17-,24-/m1/s1. The Morgan fingerprint density at radius 2 is 1.86 bits per heavy atom. The molecule has 4 rings (SSSR count). The highest BCUT2D eigenvalue weighted by Gasteiger charge is 2.38. The molecule has 190 valence electrons. The number of piperidine rings is 1. The van der Waals surface area contributed by atoms with E-state index >= 15 is 0 Å². The van der Waals surface area contributed by atoms with Gasteiger partial charge in [-0.1, -0.05) is 42.3 Å². The summed E-state index contributed by atoms with van der Waals surface area (Å²) in [4.78, 5) is 28.4. The zero-order valence-electron chi connectivity index (χ0n) is 19.9. The highest BCUT2D eigenvalue weighted by molar-refractivity contribution is 7.89. The molecule has 36 heavy (non-hydrogen) atoms. The minimum Gasteiger partial charge on any atom is -0.329 e. The van der Waals surface area contributed by atoms with E-state index < -0.39 is 16.1 Å². The molecule has 2 aliphatic rings. The van der Waals surface area contributed by atoms with E-state index in [1.807, 2.05) is 13.0 Å². The maximum Gasteiger partial charge on any atom is 0.254 e. The van der Waals surface area contributed by atoms with Crippen LogP contribution in [0, 0.1) is 17.2 Å². The topological polar surface area (TPSA) is 98.6 Å². The van der Waals surface area contributed by atoms with Gasteiger partial charge in [-0.3, -0.25) is 9.59 Å². The van der Waals surface area contributed by atoms with Crippen molar-refractivity contribution in [3.8, 4) is 6.07 Å². The van der Waals surface area contributed by atoms with Crippen molar-refractivity contribution >= 4 is 44.9 Å². The number of hydrogen-bond acceptors (Lipinski definition) is 5. The van der Waals surface area contributed by atoms with Gasteiger partial charge in [-0.15, -0.1) is 0 Å². The van der Waals surface area contributed by atoms with E-state index in [2.05, 4.69) is 6.07 Å². The van der Waals surface area contributed by atoms with E-state index in [-0.39, 0.29) is 53.5 Å². The Morgan fingerprint density at radius 1 is 1.11 bits per heavy atom. The van der Waals surface area contributed by atoms with E-state index in [9.17, 15) is 18.0 Å². The average molecular weight is 548 g/mol. The number of Topliss-reactive ketones (excluding diaryl/α,β-unsaturated/α-hetero) is 1. The molecule has 0 unspecified atom stereocenters. The first-order chi connectivity index (χ1) is 17.1. The van der Waals surface area contributed by atoms with Crippen LogP contribution in [0.25, 0.3) is 0 Å². The van der Waals surface area contributed by atoms with Crippen LogP contribution in [-0.2, 0) is 14.8 Å². The van der Waals surface area contributed by atoms with Crippen molar-refractivity contribution in [3.63, 3.8) is 0 Å². The Hall–Kier alpha value is -2.44. The highest BCUT2D eigenvalue weighted by atomic mass is 35.5. The number of likely N-dealkylation sites (tertiary alicyclic amines) is 1. The van der Waals surface area contributed by atoms with Gasteiger partial charge in [0.05, 0.1) is 33.0 Å². The van der Waals surface area contributed by atoms with Gasteiger partial charge in [0.1, 0.15) is 0 Å². The molecular weight excluding hydrogens is 521 g/mol. The summed E-state index contributed by atoms with van der Waals surface area (Å²) in [5.74, 6) is -0.802. The second-order valence-corrected chi connectivity index (χ2v) is 12.2. The lowest BCUT2D eigenvalue weighted by Crippen LogP contribution is -2.49. The molecular formula is C26H27Cl2N3O4S. The largest absolute Gasteiger partial charge is 0.329 e. The molecule has 2 aromatic rings. The van der Waals surface area contributed by atoms with Gasteiger partial charge in [0, 0.05) is 31.6 Å². The molecule has 0 aliphatic carbocycles. The number of benzene rings is 2. The van der Waals surface area contributed by atoms with Gasteiger partial charge in [0.15, 0.2) is 5.78 Å². The van der Waals surface area contributed by atoms with Crippen LogP contribution >= 0.6 is 23.2 Å². The van der Waals surface area contributed by atoms with Gasteiger partial charge in [-0.05, 0) is 61.1 Å². The maximum atomic E-state index is 13.5. The number of carbonyl (C=O) groups excluding carboxylic acids is 2. The number of nitrogens with zero attached hydrogens (tertiary/aromatic N) is 3. The van der Waals surface area contributed by atoms with Crippen LogP contribution in [0.3, 0.4) is 0 Å². The predicted octanol–water partition coefficient (Wildman–Crippen LogP) is 4.90. The third kappa shape index (κ3) is 5.45. The molecule has 2 atom stereocenters. The zero-order chi connectivity index (χ0) is 26.0. The fourth-order valence-corrected chi connectivity index (χ4v) is 6.59. The minimum atomic E-state index is -3.79. The van der Waals surface area contributed by atoms with Gasteiger partial charge < -0.3 is 4.90 Å². The monoisotopic (exact) mass is 547 g/mol. The maximum absolute atomic E-state index is 13.5. The first-order valence-electron chi connectivity index (χ1n) is 11.9. The number of nitriles is 1. The third-order valence-corrected chi connectivity index (χ3v) is 9.47. The molecule has 1 amide bonds. The van der Waals surface area contributed by atoms with Gasteiger partial charge in [0.25, 0.3) is 5.91 Å². The van der Waals surface area contributed by atoms with Crippen molar-refractivity contribution in [3.05, 3.63) is 63.6 Å². The number of amides is 1. The number of sulfonamides is 1. The molecule has 2 aliphatic heterocycles. The summed E-state index contributed by atoms with van der Waals surface area (Å²) in [5, 5.41) is 9.83. The summed E-state index contributed by atoms with van der Waals surface area (Å²) >= 11 is 12.1. The average Bonchev–Trinajstić information content (AvgIpc) is 2.84. The number of rotatable bonds is 7. The molecule has 0 spiro atoms. The molecule has 0 bridgehead atoms. The summed E-state index contributed by atoms with van der Waals surface area (Å²) in [6.07, 6.45) is 2.43. The summed E-state index contributed by atoms with van der Waals surface area (Å²) in [7, 11) is -3.79. The van der Waals surface area contributed by atoms with Gasteiger partial charge in [0.2, 0.25) is 10.0 Å². The number of hydrogen-bond donors (Lipinski definition) is 0. The van der Waals surface area contributed by atoms with Gasteiger partial charge >= 0.3 is 0 Å². The molecule has 0 saturated carbocycles. The van der Waals surface area contributed by atoms with Crippen LogP contribution < -0.4 is 0 Å². The number of halogens is 2. The first-order valence-corrected chi connectivity index (χ1v) is 14.1. The van der Waals surface area contributed by atoms with Crippen LogP contribution in [0.1, 0.15) is 54.4 Å². The Kier molecular flexibility index (Phi) is 8.06. The predicted molar refractivity (Wildman–Crippen MR) is 137 cm³/mol. The molecule has 0 aromatic heterocycles.